The molecule has 10 heteroatoms. The number of rotatable bonds is 4. The van der Waals surface area contributed by atoms with Crippen molar-refractivity contribution in [2.45, 2.75) is 0 Å². The van der Waals surface area contributed by atoms with Gasteiger partial charge in [-0.3, -0.25) is 4.79 Å². The Morgan fingerprint density at radius 1 is 1.07 bits per heavy atom. The van der Waals surface area contributed by atoms with Crippen LogP contribution in [0.4, 0.5) is 5.69 Å². The Kier molecular flexibility index (Phi) is 5.03. The monoisotopic (exact) mass is 449 g/mol. The van der Waals surface area contributed by atoms with E-state index in [-0.39, 0.29) is 11.3 Å². The Hall–Kier alpha value is -2.52. The molecule has 4 aromatic rings. The molecule has 0 spiro atoms. The Morgan fingerprint density at radius 3 is 2.64 bits per heavy atom. The van der Waals surface area contributed by atoms with Crippen LogP contribution < -0.4 is 5.32 Å². The van der Waals surface area contributed by atoms with Crippen molar-refractivity contribution >= 4 is 73.9 Å². The van der Waals surface area contributed by atoms with Gasteiger partial charge in [0, 0.05) is 10.9 Å². The van der Waals surface area contributed by atoms with Crippen LogP contribution in [0.15, 0.2) is 41.8 Å². The third kappa shape index (κ3) is 3.47. The largest absolute Gasteiger partial charge is 0.478 e. The van der Waals surface area contributed by atoms with Crippen molar-refractivity contribution in [1.29, 1.82) is 0 Å². The molecule has 0 aliphatic heterocycles. The lowest BCUT2D eigenvalue weighted by atomic mass is 10.1. The molecule has 140 valence electrons. The number of aromatic nitrogens is 2. The van der Waals surface area contributed by atoms with Crippen LogP contribution in [0.25, 0.3) is 20.7 Å². The first-order chi connectivity index (χ1) is 13.4. The molecule has 0 radical (unpaired) electrons. The highest BCUT2D eigenvalue weighted by molar-refractivity contribution is 7.14. The van der Waals surface area contributed by atoms with Crippen molar-refractivity contribution in [1.82, 2.24) is 9.59 Å². The highest BCUT2D eigenvalue weighted by atomic mass is 35.5. The minimum atomic E-state index is -1.16. The topological polar surface area (TPSA) is 92.2 Å². The molecule has 1 amide bonds. The van der Waals surface area contributed by atoms with Crippen LogP contribution in [0.1, 0.15) is 20.7 Å². The zero-order valence-corrected chi connectivity index (χ0v) is 16.9. The average Bonchev–Trinajstić information content (AvgIpc) is 3.30. The van der Waals surface area contributed by atoms with Crippen molar-refractivity contribution in [3.05, 3.63) is 63.0 Å². The van der Waals surface area contributed by atoms with Crippen molar-refractivity contribution in [2.75, 3.05) is 5.32 Å². The summed E-state index contributed by atoms with van der Waals surface area (Å²) in [6, 6.07) is 9.88. The maximum Gasteiger partial charge on any atom is 0.339 e. The van der Waals surface area contributed by atoms with Gasteiger partial charge in [0.25, 0.3) is 5.91 Å². The van der Waals surface area contributed by atoms with E-state index in [4.69, 9.17) is 23.2 Å². The van der Waals surface area contributed by atoms with E-state index in [1.54, 1.807) is 41.8 Å². The summed E-state index contributed by atoms with van der Waals surface area (Å²) in [5.41, 5.74) is 1.78. The number of hydrogen-bond acceptors (Lipinski definition) is 6. The number of fused-ring (bicyclic) bond motifs is 1. The van der Waals surface area contributed by atoms with Gasteiger partial charge < -0.3 is 10.4 Å². The van der Waals surface area contributed by atoms with Gasteiger partial charge in [0.1, 0.15) is 11.1 Å². The molecule has 6 nitrogen and oxygen atoms in total. The van der Waals surface area contributed by atoms with Gasteiger partial charge in [-0.15, -0.1) is 16.4 Å². The third-order valence-corrected chi connectivity index (χ3v) is 6.42. The number of nitrogens with one attached hydrogen (secondary N) is 1. The van der Waals surface area contributed by atoms with Crippen molar-refractivity contribution in [3.8, 4) is 10.4 Å². The number of carbonyl (C=O) groups excluding carboxylic acids is 1. The number of carboxylic acid groups (broad SMARTS) is 1. The van der Waals surface area contributed by atoms with E-state index in [0.717, 1.165) is 4.70 Å². The molecule has 0 saturated carbocycles. The second-order valence-corrected chi connectivity index (χ2v) is 8.18. The van der Waals surface area contributed by atoms with E-state index in [9.17, 15) is 14.7 Å². The number of amides is 1. The predicted octanol–water partition coefficient (Wildman–Crippen LogP) is 5.68. The summed E-state index contributed by atoms with van der Waals surface area (Å²) >= 11 is 14.4. The Morgan fingerprint density at radius 2 is 1.89 bits per heavy atom. The standard InChI is InChI=1S/C18H9Cl2N3O3S2/c19-10-3-1-8(5-11(10)20)16-15(18(25)26)13(7-27-16)21-17(24)9-2-4-14-12(6-9)22-23-28-14/h1-7H,(H,21,24)(H,25,26). The molecule has 2 heterocycles. The Labute approximate surface area is 176 Å². The van der Waals surface area contributed by atoms with Gasteiger partial charge in [-0.1, -0.05) is 33.8 Å². The van der Waals surface area contributed by atoms with E-state index in [1.165, 1.54) is 22.9 Å². The summed E-state index contributed by atoms with van der Waals surface area (Å²) in [6.07, 6.45) is 0. The molecule has 0 unspecified atom stereocenters. The second-order valence-electron chi connectivity index (χ2n) is 5.70. The first-order valence-electron chi connectivity index (χ1n) is 7.77. The van der Waals surface area contributed by atoms with Gasteiger partial charge >= 0.3 is 5.97 Å². The van der Waals surface area contributed by atoms with Crippen LogP contribution >= 0.6 is 46.1 Å². The number of carboxylic acids is 1. The first-order valence-corrected chi connectivity index (χ1v) is 10.2. The lowest BCUT2D eigenvalue weighted by Crippen LogP contribution is -2.14. The number of aromatic carboxylic acids is 1. The molecule has 0 bridgehead atoms. The molecule has 28 heavy (non-hydrogen) atoms. The van der Waals surface area contributed by atoms with Gasteiger partial charge in [-0.25, -0.2) is 4.79 Å². The summed E-state index contributed by atoms with van der Waals surface area (Å²) in [5.74, 6) is -1.59. The SMILES string of the molecule is O=C(Nc1csc(-c2ccc(Cl)c(Cl)c2)c1C(=O)O)c1ccc2snnc2c1. The van der Waals surface area contributed by atoms with Gasteiger partial charge in [0.05, 0.1) is 25.3 Å². The van der Waals surface area contributed by atoms with Crippen LogP contribution in [0, 0.1) is 0 Å². The molecule has 0 atom stereocenters. The highest BCUT2D eigenvalue weighted by Gasteiger charge is 2.22. The maximum atomic E-state index is 12.6. The van der Waals surface area contributed by atoms with Gasteiger partial charge in [-0.05, 0) is 47.4 Å². The van der Waals surface area contributed by atoms with Gasteiger partial charge in [0.2, 0.25) is 0 Å². The molecule has 2 aromatic carbocycles. The number of carbonyl (C=O) groups is 2. The minimum absolute atomic E-state index is 0.00635. The van der Waals surface area contributed by atoms with Crippen LogP contribution in [0.3, 0.4) is 0 Å². The molecule has 0 aliphatic carbocycles. The smallest absolute Gasteiger partial charge is 0.339 e. The van der Waals surface area contributed by atoms with Crippen molar-refractivity contribution in [3.63, 3.8) is 0 Å². The molecule has 0 aliphatic rings. The summed E-state index contributed by atoms with van der Waals surface area (Å²) in [5, 5.41) is 18.6. The zero-order valence-electron chi connectivity index (χ0n) is 13.8. The van der Waals surface area contributed by atoms with Crippen LogP contribution in [-0.2, 0) is 0 Å². The van der Waals surface area contributed by atoms with Crippen molar-refractivity contribution in [2.24, 2.45) is 0 Å². The second kappa shape index (κ2) is 7.48. The van der Waals surface area contributed by atoms with E-state index in [1.807, 2.05) is 0 Å². The van der Waals surface area contributed by atoms with Crippen LogP contribution in [-0.4, -0.2) is 26.6 Å². The van der Waals surface area contributed by atoms with Gasteiger partial charge in [0.15, 0.2) is 0 Å². The van der Waals surface area contributed by atoms with Crippen LogP contribution in [0.2, 0.25) is 10.0 Å². The number of anilines is 1. The normalized spacial score (nSPS) is 10.9. The lowest BCUT2D eigenvalue weighted by Gasteiger charge is -2.07. The molecule has 0 fully saturated rings. The molecule has 0 saturated heterocycles. The van der Waals surface area contributed by atoms with E-state index >= 15 is 0 Å². The predicted molar refractivity (Wildman–Crippen MR) is 112 cm³/mol. The number of halogens is 2. The molecule has 2 N–H and O–H groups in total. The summed E-state index contributed by atoms with van der Waals surface area (Å²) < 4.78 is 4.70. The fraction of sp³-hybridized carbons (Fsp3) is 0. The minimum Gasteiger partial charge on any atom is -0.478 e. The number of hydrogen-bond donors (Lipinski definition) is 2. The third-order valence-electron chi connectivity index (χ3n) is 3.94. The molecule has 2 aromatic heterocycles. The summed E-state index contributed by atoms with van der Waals surface area (Å²) in [7, 11) is 0. The number of benzene rings is 2. The van der Waals surface area contributed by atoms with E-state index < -0.39 is 11.9 Å². The van der Waals surface area contributed by atoms with Crippen LogP contribution in [0.5, 0.6) is 0 Å². The van der Waals surface area contributed by atoms with Crippen molar-refractivity contribution < 1.29 is 14.7 Å². The molecular formula is C18H9Cl2N3O3S2. The Balaban J connectivity index is 1.69. The molecule has 4 rings (SSSR count). The fourth-order valence-electron chi connectivity index (χ4n) is 2.63. The molecular weight excluding hydrogens is 441 g/mol. The first kappa shape index (κ1) is 18.8. The lowest BCUT2D eigenvalue weighted by molar-refractivity contribution is 0.0699. The number of nitrogens with zero attached hydrogens (tertiary/aromatic N) is 2. The Bertz CT molecular complexity index is 1240. The summed E-state index contributed by atoms with van der Waals surface area (Å²) in [4.78, 5) is 25.0. The van der Waals surface area contributed by atoms with E-state index in [2.05, 4.69) is 14.9 Å². The zero-order chi connectivity index (χ0) is 19.8. The summed E-state index contributed by atoms with van der Waals surface area (Å²) in [6.45, 7) is 0. The maximum absolute atomic E-state index is 12.6. The fourth-order valence-corrected chi connectivity index (χ4v) is 4.46. The van der Waals surface area contributed by atoms with E-state index in [0.29, 0.717) is 31.6 Å². The quantitative estimate of drug-likeness (QED) is 0.418. The highest BCUT2D eigenvalue weighted by Crippen LogP contribution is 2.38. The number of thiophene rings is 1. The average molecular weight is 450 g/mol. The van der Waals surface area contributed by atoms with Gasteiger partial charge in [-0.2, -0.15) is 0 Å².